The van der Waals surface area contributed by atoms with Crippen molar-refractivity contribution in [3.63, 3.8) is 0 Å². The summed E-state index contributed by atoms with van der Waals surface area (Å²) in [5.74, 6) is 1.26. The third-order valence-corrected chi connectivity index (χ3v) is 4.13. The van der Waals surface area contributed by atoms with E-state index in [0.717, 1.165) is 18.9 Å². The molecule has 126 valence electrons. The molecule has 6 nitrogen and oxygen atoms in total. The molecule has 1 aliphatic heterocycles. The maximum atomic E-state index is 11.9. The monoisotopic (exact) mass is 366 g/mol. The number of benzene rings is 1. The molecule has 0 aliphatic carbocycles. The first-order chi connectivity index (χ1) is 11.6. The van der Waals surface area contributed by atoms with Crippen molar-refractivity contribution in [1.29, 1.82) is 0 Å². The molecule has 0 spiro atoms. The van der Waals surface area contributed by atoms with Gasteiger partial charge in [0.05, 0.1) is 5.02 Å². The van der Waals surface area contributed by atoms with E-state index in [0.29, 0.717) is 21.6 Å². The zero-order valence-electron chi connectivity index (χ0n) is 12.8. The highest BCUT2D eigenvalue weighted by Gasteiger charge is 2.14. The Balaban J connectivity index is 1.52. The minimum Gasteiger partial charge on any atom is -0.482 e. The van der Waals surface area contributed by atoms with E-state index in [-0.39, 0.29) is 12.5 Å². The molecule has 0 radical (unpaired) electrons. The molecule has 0 atom stereocenters. The van der Waals surface area contributed by atoms with Crippen molar-refractivity contribution in [3.8, 4) is 5.75 Å². The zero-order valence-corrected chi connectivity index (χ0v) is 14.3. The molecule has 1 aromatic heterocycles. The second-order valence-corrected chi connectivity index (χ2v) is 6.23. The Kier molecular flexibility index (Phi) is 5.37. The summed E-state index contributed by atoms with van der Waals surface area (Å²) in [6.45, 7) is 1.81. The predicted molar refractivity (Wildman–Crippen MR) is 94.1 cm³/mol. The van der Waals surface area contributed by atoms with Crippen LogP contribution in [0.15, 0.2) is 30.3 Å². The second kappa shape index (κ2) is 7.68. The fourth-order valence-electron chi connectivity index (χ4n) is 2.42. The van der Waals surface area contributed by atoms with Crippen LogP contribution in [0.1, 0.15) is 12.8 Å². The lowest BCUT2D eigenvalue weighted by Gasteiger charge is -2.15. The average molecular weight is 367 g/mol. The van der Waals surface area contributed by atoms with Crippen LogP contribution in [0.2, 0.25) is 10.0 Å². The Hall–Kier alpha value is -2.05. The topological polar surface area (TPSA) is 67.3 Å². The van der Waals surface area contributed by atoms with Gasteiger partial charge in [0.2, 0.25) is 0 Å². The number of halogens is 2. The molecule has 0 bridgehead atoms. The van der Waals surface area contributed by atoms with Gasteiger partial charge in [0.1, 0.15) is 5.75 Å². The lowest BCUT2D eigenvalue weighted by atomic mass is 10.3. The molecular weight excluding hydrogens is 351 g/mol. The van der Waals surface area contributed by atoms with Gasteiger partial charge in [0, 0.05) is 18.1 Å². The van der Waals surface area contributed by atoms with Crippen molar-refractivity contribution < 1.29 is 9.53 Å². The van der Waals surface area contributed by atoms with Gasteiger partial charge in [-0.15, -0.1) is 10.2 Å². The van der Waals surface area contributed by atoms with E-state index in [1.165, 1.54) is 12.8 Å². The molecule has 24 heavy (non-hydrogen) atoms. The van der Waals surface area contributed by atoms with Gasteiger partial charge in [0.15, 0.2) is 18.2 Å². The number of amides is 1. The molecule has 0 unspecified atom stereocenters. The smallest absolute Gasteiger partial charge is 0.263 e. The number of anilines is 2. The van der Waals surface area contributed by atoms with E-state index in [1.807, 2.05) is 6.07 Å². The molecule has 2 aromatic rings. The molecule has 3 rings (SSSR count). The molecule has 1 N–H and O–H groups in total. The fraction of sp³-hybridized carbons (Fsp3) is 0.312. The van der Waals surface area contributed by atoms with E-state index in [4.69, 9.17) is 27.9 Å². The van der Waals surface area contributed by atoms with E-state index in [9.17, 15) is 4.79 Å². The number of aromatic nitrogens is 2. The summed E-state index contributed by atoms with van der Waals surface area (Å²) in [5, 5.41) is 11.7. The van der Waals surface area contributed by atoms with Crippen LogP contribution in [0.25, 0.3) is 0 Å². The number of nitrogens with one attached hydrogen (secondary N) is 1. The van der Waals surface area contributed by atoms with Crippen LogP contribution >= 0.6 is 23.2 Å². The Labute approximate surface area is 149 Å². The molecule has 2 heterocycles. The van der Waals surface area contributed by atoms with E-state index in [2.05, 4.69) is 20.4 Å². The largest absolute Gasteiger partial charge is 0.482 e. The Morgan fingerprint density at radius 3 is 2.62 bits per heavy atom. The normalized spacial score (nSPS) is 13.8. The second-order valence-electron chi connectivity index (χ2n) is 5.38. The number of carbonyl (C=O) groups excluding carboxylic acids is 1. The van der Waals surface area contributed by atoms with Crippen molar-refractivity contribution in [2.75, 3.05) is 29.9 Å². The Bertz CT molecular complexity index is 719. The van der Waals surface area contributed by atoms with Gasteiger partial charge in [-0.05, 0) is 43.2 Å². The van der Waals surface area contributed by atoms with Gasteiger partial charge in [-0.25, -0.2) is 0 Å². The third-order valence-electron chi connectivity index (χ3n) is 3.60. The van der Waals surface area contributed by atoms with Gasteiger partial charge in [-0.2, -0.15) is 0 Å². The highest BCUT2D eigenvalue weighted by molar-refractivity contribution is 6.35. The SMILES string of the molecule is O=C(COc1ccc(Cl)cc1Cl)Nc1ccc(N2CCCC2)nn1. The van der Waals surface area contributed by atoms with Gasteiger partial charge in [0.25, 0.3) is 5.91 Å². The van der Waals surface area contributed by atoms with Crippen LogP contribution < -0.4 is 15.0 Å². The molecule has 1 saturated heterocycles. The standard InChI is InChI=1S/C16H16Cl2N4O2/c17-11-3-4-13(12(18)9-11)24-10-16(23)19-14-5-6-15(21-20-14)22-7-1-2-8-22/h3-6,9H,1-2,7-8,10H2,(H,19,20,23). The minimum absolute atomic E-state index is 0.184. The van der Waals surface area contributed by atoms with Gasteiger partial charge in [-0.3, -0.25) is 4.79 Å². The molecule has 8 heteroatoms. The molecular formula is C16H16Cl2N4O2. The van der Waals surface area contributed by atoms with Crippen molar-refractivity contribution >= 4 is 40.7 Å². The number of hydrogen-bond acceptors (Lipinski definition) is 5. The van der Waals surface area contributed by atoms with Crippen LogP contribution in [0.4, 0.5) is 11.6 Å². The van der Waals surface area contributed by atoms with E-state index in [1.54, 1.807) is 24.3 Å². The van der Waals surface area contributed by atoms with Crippen LogP contribution in [0.5, 0.6) is 5.75 Å². The highest BCUT2D eigenvalue weighted by Crippen LogP contribution is 2.27. The van der Waals surface area contributed by atoms with Crippen molar-refractivity contribution in [2.24, 2.45) is 0 Å². The average Bonchev–Trinajstić information content (AvgIpc) is 3.09. The van der Waals surface area contributed by atoms with Crippen LogP contribution in [0.3, 0.4) is 0 Å². The summed E-state index contributed by atoms with van der Waals surface area (Å²) >= 11 is 11.8. The van der Waals surface area contributed by atoms with Crippen molar-refractivity contribution in [2.45, 2.75) is 12.8 Å². The summed E-state index contributed by atoms with van der Waals surface area (Å²) in [7, 11) is 0. The lowest BCUT2D eigenvalue weighted by Crippen LogP contribution is -2.22. The predicted octanol–water partition coefficient (Wildman–Crippen LogP) is 3.40. The Morgan fingerprint density at radius 2 is 1.96 bits per heavy atom. The summed E-state index contributed by atoms with van der Waals surface area (Å²) < 4.78 is 5.37. The summed E-state index contributed by atoms with van der Waals surface area (Å²) in [6, 6.07) is 8.39. The van der Waals surface area contributed by atoms with E-state index < -0.39 is 0 Å². The molecule has 1 fully saturated rings. The van der Waals surface area contributed by atoms with E-state index >= 15 is 0 Å². The van der Waals surface area contributed by atoms with Gasteiger partial charge in [-0.1, -0.05) is 23.2 Å². The molecule has 1 aromatic carbocycles. The van der Waals surface area contributed by atoms with Crippen LogP contribution in [-0.4, -0.2) is 35.8 Å². The number of hydrogen-bond donors (Lipinski definition) is 1. The number of nitrogens with zero attached hydrogens (tertiary/aromatic N) is 3. The first-order valence-corrected chi connectivity index (χ1v) is 8.34. The van der Waals surface area contributed by atoms with Crippen LogP contribution in [-0.2, 0) is 4.79 Å². The molecule has 0 saturated carbocycles. The van der Waals surface area contributed by atoms with Crippen molar-refractivity contribution in [3.05, 3.63) is 40.4 Å². The first kappa shape index (κ1) is 16.8. The summed E-state index contributed by atoms with van der Waals surface area (Å²) in [6.07, 6.45) is 2.34. The van der Waals surface area contributed by atoms with Gasteiger partial charge >= 0.3 is 0 Å². The first-order valence-electron chi connectivity index (χ1n) is 7.58. The lowest BCUT2D eigenvalue weighted by molar-refractivity contribution is -0.118. The summed E-state index contributed by atoms with van der Waals surface area (Å²) in [4.78, 5) is 14.1. The van der Waals surface area contributed by atoms with Crippen LogP contribution in [0, 0.1) is 0 Å². The number of carbonyl (C=O) groups is 1. The third kappa shape index (κ3) is 4.27. The highest BCUT2D eigenvalue weighted by atomic mass is 35.5. The molecule has 1 aliphatic rings. The quantitative estimate of drug-likeness (QED) is 0.877. The Morgan fingerprint density at radius 1 is 1.17 bits per heavy atom. The zero-order chi connectivity index (χ0) is 16.9. The fourth-order valence-corrected chi connectivity index (χ4v) is 2.88. The van der Waals surface area contributed by atoms with Crippen molar-refractivity contribution in [1.82, 2.24) is 10.2 Å². The maximum Gasteiger partial charge on any atom is 0.263 e. The number of rotatable bonds is 5. The number of ether oxygens (including phenoxy) is 1. The van der Waals surface area contributed by atoms with Gasteiger partial charge < -0.3 is 15.0 Å². The maximum absolute atomic E-state index is 11.9. The minimum atomic E-state index is -0.343. The molecule has 1 amide bonds. The summed E-state index contributed by atoms with van der Waals surface area (Å²) in [5.41, 5.74) is 0.